The molecule has 0 amide bonds. The van der Waals surface area contributed by atoms with Gasteiger partial charge in [0.15, 0.2) is 0 Å². The zero-order chi connectivity index (χ0) is 19.0. The molecule has 0 N–H and O–H groups in total. The Kier molecular flexibility index (Phi) is 5.06. The largest absolute Gasteiger partial charge is 0.363 e. The number of nitrogens with zero attached hydrogens (tertiary/aromatic N) is 5. The van der Waals surface area contributed by atoms with Gasteiger partial charge >= 0.3 is 0 Å². The molecule has 0 saturated carbocycles. The van der Waals surface area contributed by atoms with Gasteiger partial charge in [0.1, 0.15) is 11.5 Å². The Morgan fingerprint density at radius 3 is 2.54 bits per heavy atom. The molecule has 3 rings (SSSR count). The van der Waals surface area contributed by atoms with Gasteiger partial charge in [0.2, 0.25) is 5.28 Å². The molecule has 1 fully saturated rings. The van der Waals surface area contributed by atoms with Crippen molar-refractivity contribution in [3.8, 4) is 11.3 Å². The number of benzene rings is 1. The number of hydrogen-bond donors (Lipinski definition) is 0. The van der Waals surface area contributed by atoms with Gasteiger partial charge in [-0.15, -0.1) is 0 Å². The predicted octanol–water partition coefficient (Wildman–Crippen LogP) is 3.37. The van der Waals surface area contributed by atoms with Crippen molar-refractivity contribution in [1.82, 2.24) is 14.9 Å². The predicted molar refractivity (Wildman–Crippen MR) is 98.0 cm³/mol. The van der Waals surface area contributed by atoms with Crippen molar-refractivity contribution in [1.29, 1.82) is 0 Å². The molecule has 2 heterocycles. The summed E-state index contributed by atoms with van der Waals surface area (Å²) in [5.74, 6) is -0.584. The number of aromatic nitrogens is 2. The van der Waals surface area contributed by atoms with Gasteiger partial charge in [-0.05, 0) is 38.6 Å². The van der Waals surface area contributed by atoms with E-state index in [-0.39, 0.29) is 40.0 Å². The van der Waals surface area contributed by atoms with Crippen LogP contribution in [-0.2, 0) is 0 Å². The fraction of sp³-hybridized carbons (Fsp3) is 0.412. The maximum Gasteiger partial charge on any atom is 0.293 e. The molecular formula is C17H19ClFN5O2. The highest BCUT2D eigenvalue weighted by Crippen LogP contribution is 2.36. The fourth-order valence-corrected chi connectivity index (χ4v) is 3.38. The molecule has 7 nitrogen and oxygen atoms in total. The first-order valence-corrected chi connectivity index (χ1v) is 8.59. The molecule has 26 heavy (non-hydrogen) atoms. The van der Waals surface area contributed by atoms with Crippen LogP contribution in [0.2, 0.25) is 5.28 Å². The van der Waals surface area contributed by atoms with Crippen LogP contribution in [0.5, 0.6) is 0 Å². The van der Waals surface area contributed by atoms with Crippen LogP contribution in [0.25, 0.3) is 11.3 Å². The van der Waals surface area contributed by atoms with Crippen LogP contribution in [0.4, 0.5) is 15.8 Å². The van der Waals surface area contributed by atoms with E-state index in [2.05, 4.69) is 14.9 Å². The maximum atomic E-state index is 14.8. The van der Waals surface area contributed by atoms with Crippen molar-refractivity contribution in [2.45, 2.75) is 25.9 Å². The first-order valence-electron chi connectivity index (χ1n) is 8.21. The molecule has 1 aliphatic heterocycles. The van der Waals surface area contributed by atoms with Gasteiger partial charge in [-0.3, -0.25) is 15.0 Å². The second-order valence-corrected chi connectivity index (χ2v) is 6.90. The maximum absolute atomic E-state index is 14.8. The lowest BCUT2D eigenvalue weighted by Gasteiger charge is -2.43. The third kappa shape index (κ3) is 3.47. The van der Waals surface area contributed by atoms with Crippen molar-refractivity contribution in [2.24, 2.45) is 0 Å². The number of hydrogen-bond acceptors (Lipinski definition) is 6. The third-order valence-corrected chi connectivity index (χ3v) is 5.05. The topological polar surface area (TPSA) is 75.4 Å². The van der Waals surface area contributed by atoms with E-state index in [0.29, 0.717) is 13.1 Å². The zero-order valence-electron chi connectivity index (χ0n) is 14.7. The number of likely N-dealkylation sites (N-methyl/N-ethyl adjacent to an activating group) is 1. The molecule has 0 bridgehead atoms. The van der Waals surface area contributed by atoms with Crippen molar-refractivity contribution in [2.75, 3.05) is 25.0 Å². The standard InChI is InChI=1S/C17H19ClFN5O2/c1-10-8-23(9-11(2)22(10)3)15-7-13(19)12(6-16(15)24(25)26)14-4-5-20-17(18)21-14/h4-7,10-11H,8-9H2,1-3H3/t10-,11+. The van der Waals surface area contributed by atoms with E-state index in [0.717, 1.165) is 0 Å². The number of nitro groups is 1. The average molecular weight is 380 g/mol. The van der Waals surface area contributed by atoms with Crippen LogP contribution in [0, 0.1) is 15.9 Å². The molecule has 1 aromatic carbocycles. The molecule has 1 aliphatic rings. The van der Waals surface area contributed by atoms with Crippen LogP contribution >= 0.6 is 11.6 Å². The van der Waals surface area contributed by atoms with E-state index in [4.69, 9.17) is 11.6 Å². The number of piperazine rings is 1. The molecule has 9 heteroatoms. The molecule has 0 unspecified atom stereocenters. The Morgan fingerprint density at radius 2 is 1.96 bits per heavy atom. The number of halogens is 2. The molecule has 0 radical (unpaired) electrons. The van der Waals surface area contributed by atoms with E-state index in [1.165, 1.54) is 24.4 Å². The van der Waals surface area contributed by atoms with Gasteiger partial charge in [0.25, 0.3) is 5.69 Å². The summed E-state index contributed by atoms with van der Waals surface area (Å²) in [7, 11) is 2.02. The van der Waals surface area contributed by atoms with Gasteiger partial charge in [-0.2, -0.15) is 0 Å². The van der Waals surface area contributed by atoms with Crippen LogP contribution in [0.3, 0.4) is 0 Å². The van der Waals surface area contributed by atoms with Gasteiger partial charge in [0, 0.05) is 49.1 Å². The van der Waals surface area contributed by atoms with Crippen molar-refractivity contribution in [3.63, 3.8) is 0 Å². The molecule has 1 saturated heterocycles. The van der Waals surface area contributed by atoms with Crippen molar-refractivity contribution >= 4 is 23.0 Å². The second kappa shape index (κ2) is 7.13. The fourth-order valence-electron chi connectivity index (χ4n) is 3.23. The lowest BCUT2D eigenvalue weighted by molar-refractivity contribution is -0.384. The Bertz CT molecular complexity index is 838. The summed E-state index contributed by atoms with van der Waals surface area (Å²) in [5.41, 5.74) is 0.362. The van der Waals surface area contributed by atoms with Gasteiger partial charge < -0.3 is 4.90 Å². The highest BCUT2D eigenvalue weighted by atomic mass is 35.5. The number of rotatable bonds is 3. The minimum Gasteiger partial charge on any atom is -0.363 e. The molecule has 2 atom stereocenters. The van der Waals surface area contributed by atoms with Gasteiger partial charge in [0.05, 0.1) is 10.6 Å². The first kappa shape index (κ1) is 18.5. The van der Waals surface area contributed by atoms with Gasteiger partial charge in [-0.25, -0.2) is 14.4 Å². The highest BCUT2D eigenvalue weighted by Gasteiger charge is 2.31. The summed E-state index contributed by atoms with van der Waals surface area (Å²) in [4.78, 5) is 22.9. The Balaban J connectivity index is 2.07. The lowest BCUT2D eigenvalue weighted by atomic mass is 10.0. The normalized spacial score (nSPS) is 21.0. The van der Waals surface area contributed by atoms with E-state index in [1.807, 2.05) is 25.8 Å². The molecule has 0 aliphatic carbocycles. The van der Waals surface area contributed by atoms with E-state index < -0.39 is 10.7 Å². The molecule has 2 aromatic rings. The summed E-state index contributed by atoms with van der Waals surface area (Å²) in [6, 6.07) is 4.29. The molecule has 0 spiro atoms. The SMILES string of the molecule is C[C@@H]1CN(c2cc(F)c(-c3ccnc(Cl)n3)cc2[N+](=O)[O-])C[C@H](C)N1C. The summed E-state index contributed by atoms with van der Waals surface area (Å²) in [6.45, 7) is 5.25. The quantitative estimate of drug-likeness (QED) is 0.462. The summed E-state index contributed by atoms with van der Waals surface area (Å²) < 4.78 is 14.8. The Morgan fingerprint density at radius 1 is 1.31 bits per heavy atom. The lowest BCUT2D eigenvalue weighted by Crippen LogP contribution is -2.55. The molecule has 138 valence electrons. The minimum atomic E-state index is -0.584. The smallest absolute Gasteiger partial charge is 0.293 e. The average Bonchev–Trinajstić information content (AvgIpc) is 2.58. The molecular weight excluding hydrogens is 361 g/mol. The number of nitro benzene ring substituents is 1. The summed E-state index contributed by atoms with van der Waals surface area (Å²) >= 11 is 5.76. The van der Waals surface area contributed by atoms with E-state index in [9.17, 15) is 14.5 Å². The zero-order valence-corrected chi connectivity index (χ0v) is 15.4. The highest BCUT2D eigenvalue weighted by molar-refractivity contribution is 6.28. The van der Waals surface area contributed by atoms with Crippen LogP contribution in [-0.4, -0.2) is 52.0 Å². The van der Waals surface area contributed by atoms with Crippen molar-refractivity contribution < 1.29 is 9.31 Å². The first-order chi connectivity index (χ1) is 12.3. The van der Waals surface area contributed by atoms with Crippen LogP contribution in [0.1, 0.15) is 13.8 Å². The minimum absolute atomic E-state index is 0.0278. The third-order valence-electron chi connectivity index (χ3n) is 4.86. The van der Waals surface area contributed by atoms with Crippen LogP contribution in [0.15, 0.2) is 24.4 Å². The second-order valence-electron chi connectivity index (χ2n) is 6.56. The van der Waals surface area contributed by atoms with Gasteiger partial charge in [-0.1, -0.05) is 0 Å². The number of anilines is 1. The molecule has 1 aromatic heterocycles. The van der Waals surface area contributed by atoms with Crippen LogP contribution < -0.4 is 4.90 Å². The summed E-state index contributed by atoms with van der Waals surface area (Å²) in [6.07, 6.45) is 1.38. The summed E-state index contributed by atoms with van der Waals surface area (Å²) in [5, 5.41) is 11.6. The Hall–Kier alpha value is -2.32. The monoisotopic (exact) mass is 379 g/mol. The Labute approximate surface area is 155 Å². The van der Waals surface area contributed by atoms with E-state index in [1.54, 1.807) is 0 Å². The van der Waals surface area contributed by atoms with E-state index >= 15 is 0 Å². The van der Waals surface area contributed by atoms with Crippen molar-refractivity contribution in [3.05, 3.63) is 45.6 Å².